The zero-order valence-corrected chi connectivity index (χ0v) is 26.5. The number of hydrogen-bond acceptors (Lipinski definition) is 9. The number of amides is 3. The molecule has 0 bridgehead atoms. The Hall–Kier alpha value is -5.78. The first-order valence-electron chi connectivity index (χ1n) is 14.6. The molecule has 1 fully saturated rings. The number of aryl methyl sites for hydroxylation is 1. The Morgan fingerprint density at radius 1 is 1.04 bits per heavy atom. The molecule has 4 aromatic rings. The standard InChI is InChI=1S/C31H26F3N7O7S/c1-18-7-9-20(10-8-18)26-17-27(31(32,33)34)35-40(26)21-11-13-22(14-12-21)49(46,47)36-28(42)25-15-16-38(25)41(45)37-48-19(2)39-29(43)23-5-3-4-6-24(23)30(39)44/h3-14,17,19,25H,15-16H2,1-2H3,(H,36,42)/b41-37+/t19?,25-/m0/s1. The highest BCUT2D eigenvalue weighted by atomic mass is 32.2. The predicted octanol–water partition coefficient (Wildman–Crippen LogP) is 4.20. The topological polar surface area (TPSA) is 169 Å². The van der Waals surface area contributed by atoms with E-state index >= 15 is 0 Å². The molecule has 2 atom stereocenters. The molecule has 1 N–H and O–H groups in total. The van der Waals surface area contributed by atoms with Crippen molar-refractivity contribution in [3.63, 3.8) is 0 Å². The second-order valence-corrected chi connectivity index (χ2v) is 12.9. The number of nitrogens with zero attached hydrogens (tertiary/aromatic N) is 6. The molecule has 18 heteroatoms. The first-order chi connectivity index (χ1) is 23.2. The zero-order valence-electron chi connectivity index (χ0n) is 25.7. The van der Waals surface area contributed by atoms with Crippen LogP contribution in [0.2, 0.25) is 0 Å². The van der Waals surface area contributed by atoms with Crippen molar-refractivity contribution in [3.05, 3.63) is 106 Å². The van der Waals surface area contributed by atoms with Crippen molar-refractivity contribution in [3.8, 4) is 16.9 Å². The number of carbonyl (C=O) groups is 3. The number of fused-ring (bicyclic) bond motifs is 1. The lowest BCUT2D eigenvalue weighted by Gasteiger charge is -2.34. The van der Waals surface area contributed by atoms with Crippen LogP contribution in [0.3, 0.4) is 0 Å². The molecule has 3 heterocycles. The molecule has 2 aliphatic rings. The van der Waals surface area contributed by atoms with Crippen molar-refractivity contribution in [2.24, 2.45) is 5.28 Å². The van der Waals surface area contributed by atoms with E-state index in [4.69, 9.17) is 4.84 Å². The van der Waals surface area contributed by atoms with E-state index in [1.807, 2.05) is 11.6 Å². The maximum absolute atomic E-state index is 13.6. The van der Waals surface area contributed by atoms with E-state index in [1.165, 1.54) is 31.2 Å². The average Bonchev–Trinajstić information content (AvgIpc) is 3.59. The summed E-state index contributed by atoms with van der Waals surface area (Å²) in [4.78, 5) is 43.6. The molecule has 1 unspecified atom stereocenters. The highest BCUT2D eigenvalue weighted by molar-refractivity contribution is 7.90. The SMILES string of the molecule is Cc1ccc(-c2cc(C(F)(F)F)nn2-c2ccc(S(=O)(=O)NC(=O)[C@@H]3CCN3/[N+]([O-])=N\OC(C)N3C(=O)c4ccccc4C3=O)cc2)cc1. The number of sulfonamides is 1. The maximum atomic E-state index is 13.6. The number of halogens is 3. The molecule has 14 nitrogen and oxygen atoms in total. The molecule has 0 radical (unpaired) electrons. The van der Waals surface area contributed by atoms with E-state index in [9.17, 15) is 41.2 Å². The van der Waals surface area contributed by atoms with Crippen molar-refractivity contribution >= 4 is 27.7 Å². The number of rotatable bonds is 9. The van der Waals surface area contributed by atoms with Gasteiger partial charge in [0, 0.05) is 12.0 Å². The van der Waals surface area contributed by atoms with E-state index < -0.39 is 51.9 Å². The van der Waals surface area contributed by atoms with E-state index in [0.29, 0.717) is 5.56 Å². The van der Waals surface area contributed by atoms with E-state index in [0.717, 1.165) is 38.4 Å². The maximum Gasteiger partial charge on any atom is 0.435 e. The van der Waals surface area contributed by atoms with Gasteiger partial charge in [0.25, 0.3) is 27.7 Å². The smallest absolute Gasteiger partial charge is 0.435 e. The van der Waals surface area contributed by atoms with Gasteiger partial charge in [-0.3, -0.25) is 14.4 Å². The summed E-state index contributed by atoms with van der Waals surface area (Å²) >= 11 is 0. The Morgan fingerprint density at radius 3 is 2.20 bits per heavy atom. The molecule has 0 spiro atoms. The summed E-state index contributed by atoms with van der Waals surface area (Å²) in [6, 6.07) is 17.2. The minimum Gasteiger partial charge on any atom is -0.569 e. The molecule has 3 aromatic carbocycles. The lowest BCUT2D eigenvalue weighted by Crippen LogP contribution is -2.59. The van der Waals surface area contributed by atoms with Crippen LogP contribution in [-0.4, -0.2) is 69.6 Å². The first-order valence-corrected chi connectivity index (χ1v) is 16.1. The minimum atomic E-state index is -4.73. The molecule has 0 aliphatic carbocycles. The molecule has 6 rings (SSSR count). The Labute approximate surface area is 276 Å². The van der Waals surface area contributed by atoms with Crippen molar-refractivity contribution in [1.82, 2.24) is 24.4 Å². The van der Waals surface area contributed by atoms with E-state index in [1.54, 1.807) is 36.4 Å². The molecule has 1 saturated heterocycles. The summed E-state index contributed by atoms with van der Waals surface area (Å²) in [5, 5.41) is 20.5. The van der Waals surface area contributed by atoms with Gasteiger partial charge in [-0.05, 0) is 56.3 Å². The van der Waals surface area contributed by atoms with Gasteiger partial charge >= 0.3 is 6.18 Å². The Kier molecular flexibility index (Phi) is 8.35. The predicted molar refractivity (Wildman–Crippen MR) is 163 cm³/mol. The fourth-order valence-electron chi connectivity index (χ4n) is 5.26. The van der Waals surface area contributed by atoms with Gasteiger partial charge < -0.3 is 10.0 Å². The van der Waals surface area contributed by atoms with Gasteiger partial charge in [-0.1, -0.05) is 42.0 Å². The highest BCUT2D eigenvalue weighted by Gasteiger charge is 2.44. The second kappa shape index (κ2) is 12.3. The number of hydrazine groups is 1. The van der Waals surface area contributed by atoms with Crippen LogP contribution in [-0.2, 0) is 25.8 Å². The molecular formula is C31H26F3N7O7S. The quantitative estimate of drug-likeness (QED) is 0.117. The van der Waals surface area contributed by atoms with Crippen molar-refractivity contribution in [2.75, 3.05) is 6.54 Å². The van der Waals surface area contributed by atoms with Gasteiger partial charge in [0.2, 0.25) is 11.5 Å². The largest absolute Gasteiger partial charge is 0.569 e. The summed E-state index contributed by atoms with van der Waals surface area (Å²) in [6.07, 6.45) is -5.93. The molecule has 3 amide bonds. The molecule has 0 saturated carbocycles. The normalized spacial score (nSPS) is 17.1. The lowest BCUT2D eigenvalue weighted by molar-refractivity contribution is -0.729. The summed E-state index contributed by atoms with van der Waals surface area (Å²) in [5.41, 5.74) is 0.788. The second-order valence-electron chi connectivity index (χ2n) is 11.2. The Bertz CT molecular complexity index is 2070. The fraction of sp³-hybridized carbons (Fsp3) is 0.226. The minimum absolute atomic E-state index is 0.0116. The number of hydrogen-bond donors (Lipinski definition) is 1. The van der Waals surface area contributed by atoms with Crippen LogP contribution < -0.4 is 4.72 Å². The summed E-state index contributed by atoms with van der Waals surface area (Å²) < 4.78 is 69.7. The summed E-state index contributed by atoms with van der Waals surface area (Å²) in [5.74, 6) is -2.33. The van der Waals surface area contributed by atoms with Gasteiger partial charge in [-0.25, -0.2) is 22.7 Å². The number of imide groups is 1. The van der Waals surface area contributed by atoms with E-state index in [2.05, 4.69) is 10.4 Å². The third-order valence-corrected chi connectivity index (χ3v) is 9.31. The van der Waals surface area contributed by atoms with Crippen molar-refractivity contribution < 1.29 is 45.8 Å². The Morgan fingerprint density at radius 2 is 1.65 bits per heavy atom. The highest BCUT2D eigenvalue weighted by Crippen LogP contribution is 2.33. The first kappa shape index (κ1) is 33.1. The number of aromatic nitrogens is 2. The van der Waals surface area contributed by atoms with Crippen LogP contribution in [0.5, 0.6) is 0 Å². The monoisotopic (exact) mass is 697 g/mol. The van der Waals surface area contributed by atoms with Gasteiger partial charge in [-0.15, -0.1) is 5.01 Å². The van der Waals surface area contributed by atoms with Crippen molar-refractivity contribution in [1.29, 1.82) is 0 Å². The number of nitrogens with one attached hydrogen (secondary N) is 1. The lowest BCUT2D eigenvalue weighted by atomic mass is 10.1. The van der Waals surface area contributed by atoms with Crippen LogP contribution in [0.15, 0.2) is 89.0 Å². The molecule has 254 valence electrons. The third kappa shape index (κ3) is 6.29. The average molecular weight is 698 g/mol. The molecule has 49 heavy (non-hydrogen) atoms. The van der Waals surface area contributed by atoms with Gasteiger partial charge in [-0.2, -0.15) is 18.3 Å². The zero-order chi connectivity index (χ0) is 35.2. The van der Waals surface area contributed by atoms with Crippen molar-refractivity contribution in [2.45, 2.75) is 43.6 Å². The van der Waals surface area contributed by atoms with Crippen LogP contribution in [0.25, 0.3) is 16.9 Å². The van der Waals surface area contributed by atoms with Gasteiger partial charge in [0.15, 0.2) is 11.7 Å². The van der Waals surface area contributed by atoms with Crippen LogP contribution in [0.4, 0.5) is 13.2 Å². The summed E-state index contributed by atoms with van der Waals surface area (Å²) in [6.45, 7) is 3.16. The molecule has 2 aliphatic heterocycles. The van der Waals surface area contributed by atoms with Crippen LogP contribution in [0.1, 0.15) is 45.3 Å². The van der Waals surface area contributed by atoms with E-state index in [-0.39, 0.29) is 45.3 Å². The molecular weight excluding hydrogens is 671 g/mol. The summed E-state index contributed by atoms with van der Waals surface area (Å²) in [7, 11) is -4.49. The van der Waals surface area contributed by atoms with Crippen LogP contribution >= 0.6 is 0 Å². The van der Waals surface area contributed by atoms with Gasteiger partial charge in [0.05, 0.1) is 38.9 Å². The van der Waals surface area contributed by atoms with Crippen LogP contribution in [0, 0.1) is 12.1 Å². The molecule has 1 aromatic heterocycles. The fourth-order valence-corrected chi connectivity index (χ4v) is 6.27. The number of carbonyl (C=O) groups excluding carboxylic acids is 3. The third-order valence-electron chi connectivity index (χ3n) is 7.95. The number of benzene rings is 3. The number of alkyl halides is 3. The van der Waals surface area contributed by atoms with Gasteiger partial charge in [0.1, 0.15) is 0 Å². The Balaban J connectivity index is 1.13.